The molecule has 1 aromatic rings. The maximum absolute atomic E-state index is 11.8. The molecule has 0 amide bonds. The van der Waals surface area contributed by atoms with Crippen LogP contribution in [0.2, 0.25) is 0 Å². The minimum Gasteiger partial charge on any atom is -0.284 e. The lowest BCUT2D eigenvalue weighted by Gasteiger charge is -2.07. The third-order valence-electron chi connectivity index (χ3n) is 2.54. The van der Waals surface area contributed by atoms with Gasteiger partial charge in [0.1, 0.15) is 4.90 Å². The van der Waals surface area contributed by atoms with Gasteiger partial charge in [0.05, 0.1) is 11.4 Å². The molecule has 1 N–H and O–H groups in total. The van der Waals surface area contributed by atoms with Gasteiger partial charge in [-0.15, -0.1) is 0 Å². The summed E-state index contributed by atoms with van der Waals surface area (Å²) in [5.41, 5.74) is 0. The average molecular weight is 200 g/mol. The summed E-state index contributed by atoms with van der Waals surface area (Å²) in [4.78, 5) is 0.333. The van der Waals surface area contributed by atoms with Crippen molar-refractivity contribution in [1.82, 2.24) is 10.2 Å². The molecule has 1 aliphatic carbocycles. The second kappa shape index (κ2) is 3.14. The van der Waals surface area contributed by atoms with Gasteiger partial charge in [-0.25, -0.2) is 8.42 Å². The van der Waals surface area contributed by atoms with E-state index in [0.29, 0.717) is 4.90 Å². The Morgan fingerprint density at radius 3 is 2.62 bits per heavy atom. The maximum atomic E-state index is 11.8. The van der Waals surface area contributed by atoms with Crippen molar-refractivity contribution in [3.8, 4) is 0 Å². The maximum Gasteiger partial charge on any atom is 0.184 e. The van der Waals surface area contributed by atoms with Crippen LogP contribution in [-0.4, -0.2) is 23.9 Å². The quantitative estimate of drug-likeness (QED) is 0.778. The summed E-state index contributed by atoms with van der Waals surface area (Å²) in [5, 5.41) is 6.01. The van der Waals surface area contributed by atoms with E-state index in [0.717, 1.165) is 25.7 Å². The van der Waals surface area contributed by atoms with Crippen LogP contribution < -0.4 is 0 Å². The summed E-state index contributed by atoms with van der Waals surface area (Å²) in [6.07, 6.45) is 6.49. The minimum absolute atomic E-state index is 0.176. The van der Waals surface area contributed by atoms with Gasteiger partial charge in [0.15, 0.2) is 9.84 Å². The fourth-order valence-corrected chi connectivity index (χ4v) is 3.54. The molecule has 0 atom stereocenters. The van der Waals surface area contributed by atoms with Gasteiger partial charge in [-0.05, 0) is 12.8 Å². The first-order chi connectivity index (χ1) is 6.21. The molecule has 5 heteroatoms. The molecule has 2 rings (SSSR count). The van der Waals surface area contributed by atoms with Crippen molar-refractivity contribution in [3.63, 3.8) is 0 Å². The smallest absolute Gasteiger partial charge is 0.184 e. The largest absolute Gasteiger partial charge is 0.284 e. The number of sulfone groups is 1. The first kappa shape index (κ1) is 8.74. The fourth-order valence-electron chi connectivity index (χ4n) is 1.79. The highest BCUT2D eigenvalue weighted by Crippen LogP contribution is 2.28. The van der Waals surface area contributed by atoms with Crippen LogP contribution in [-0.2, 0) is 9.84 Å². The van der Waals surface area contributed by atoms with Crippen LogP contribution in [0.4, 0.5) is 0 Å². The highest BCUT2D eigenvalue weighted by atomic mass is 32.2. The first-order valence-electron chi connectivity index (χ1n) is 4.44. The minimum atomic E-state index is -3.09. The molecule has 0 radical (unpaired) electrons. The van der Waals surface area contributed by atoms with Gasteiger partial charge in [0.25, 0.3) is 0 Å². The Kier molecular flexibility index (Phi) is 2.11. The number of H-pyrrole nitrogens is 1. The lowest BCUT2D eigenvalue weighted by atomic mass is 10.4. The molecule has 13 heavy (non-hydrogen) atoms. The van der Waals surface area contributed by atoms with Crippen molar-refractivity contribution in [2.24, 2.45) is 0 Å². The molecule has 0 aliphatic heterocycles. The van der Waals surface area contributed by atoms with E-state index in [-0.39, 0.29) is 5.25 Å². The highest BCUT2D eigenvalue weighted by molar-refractivity contribution is 7.92. The van der Waals surface area contributed by atoms with Crippen LogP contribution in [0.15, 0.2) is 17.3 Å². The number of aromatic amines is 1. The zero-order chi connectivity index (χ0) is 9.31. The third kappa shape index (κ3) is 1.48. The predicted molar refractivity (Wildman–Crippen MR) is 48.0 cm³/mol. The molecular weight excluding hydrogens is 188 g/mol. The van der Waals surface area contributed by atoms with E-state index in [1.165, 1.54) is 12.4 Å². The molecule has 1 aromatic heterocycles. The molecule has 4 nitrogen and oxygen atoms in total. The number of nitrogens with zero attached hydrogens (tertiary/aromatic N) is 1. The summed E-state index contributed by atoms with van der Waals surface area (Å²) in [7, 11) is -3.09. The van der Waals surface area contributed by atoms with Crippen molar-refractivity contribution >= 4 is 9.84 Å². The summed E-state index contributed by atoms with van der Waals surface area (Å²) < 4.78 is 23.7. The topological polar surface area (TPSA) is 62.8 Å². The Morgan fingerprint density at radius 1 is 1.38 bits per heavy atom. The number of hydrogen-bond acceptors (Lipinski definition) is 3. The Morgan fingerprint density at radius 2 is 2.08 bits per heavy atom. The van der Waals surface area contributed by atoms with E-state index in [4.69, 9.17) is 0 Å². The van der Waals surface area contributed by atoms with Crippen molar-refractivity contribution in [2.45, 2.75) is 35.8 Å². The number of nitrogens with one attached hydrogen (secondary N) is 1. The molecule has 72 valence electrons. The van der Waals surface area contributed by atoms with Gasteiger partial charge < -0.3 is 0 Å². The Hall–Kier alpha value is -0.840. The summed E-state index contributed by atoms with van der Waals surface area (Å²) in [6, 6.07) is 0. The molecule has 1 aliphatic rings. The lowest BCUT2D eigenvalue weighted by molar-refractivity contribution is 0.580. The van der Waals surface area contributed by atoms with Crippen molar-refractivity contribution in [2.75, 3.05) is 0 Å². The van der Waals surface area contributed by atoms with E-state index >= 15 is 0 Å². The van der Waals surface area contributed by atoms with Crippen molar-refractivity contribution in [3.05, 3.63) is 12.4 Å². The second-order valence-corrected chi connectivity index (χ2v) is 5.61. The van der Waals surface area contributed by atoms with Crippen LogP contribution >= 0.6 is 0 Å². The third-order valence-corrected chi connectivity index (χ3v) is 4.77. The normalized spacial score (nSPS) is 19.4. The monoisotopic (exact) mass is 200 g/mol. The van der Waals surface area contributed by atoms with Gasteiger partial charge in [0.2, 0.25) is 0 Å². The first-order valence-corrected chi connectivity index (χ1v) is 5.98. The van der Waals surface area contributed by atoms with Crippen LogP contribution in [0.3, 0.4) is 0 Å². The lowest BCUT2D eigenvalue weighted by Crippen LogP contribution is -2.17. The van der Waals surface area contributed by atoms with E-state index < -0.39 is 9.84 Å². The van der Waals surface area contributed by atoms with Gasteiger partial charge in [-0.3, -0.25) is 5.10 Å². The molecule has 0 saturated heterocycles. The molecule has 1 heterocycles. The van der Waals surface area contributed by atoms with Gasteiger partial charge in [-0.1, -0.05) is 12.8 Å². The number of rotatable bonds is 2. The summed E-state index contributed by atoms with van der Waals surface area (Å²) >= 11 is 0. The van der Waals surface area contributed by atoms with E-state index in [1.54, 1.807) is 0 Å². The highest BCUT2D eigenvalue weighted by Gasteiger charge is 2.30. The summed E-state index contributed by atoms with van der Waals surface area (Å²) in [6.45, 7) is 0. The van der Waals surface area contributed by atoms with Crippen LogP contribution in [0.1, 0.15) is 25.7 Å². The molecule has 1 fully saturated rings. The average Bonchev–Trinajstić information content (AvgIpc) is 2.78. The Labute approximate surface area is 77.3 Å². The van der Waals surface area contributed by atoms with Crippen molar-refractivity contribution < 1.29 is 8.42 Å². The Bertz CT molecular complexity index is 363. The zero-order valence-corrected chi connectivity index (χ0v) is 8.05. The summed E-state index contributed by atoms with van der Waals surface area (Å²) in [5.74, 6) is 0. The molecule has 0 spiro atoms. The zero-order valence-electron chi connectivity index (χ0n) is 7.23. The Balaban J connectivity index is 2.30. The fraction of sp³-hybridized carbons (Fsp3) is 0.625. The number of hydrogen-bond donors (Lipinski definition) is 1. The molecule has 0 unspecified atom stereocenters. The molecule has 0 bridgehead atoms. The van der Waals surface area contributed by atoms with Crippen LogP contribution in [0.25, 0.3) is 0 Å². The van der Waals surface area contributed by atoms with Crippen molar-refractivity contribution in [1.29, 1.82) is 0 Å². The van der Waals surface area contributed by atoms with Crippen LogP contribution in [0.5, 0.6) is 0 Å². The second-order valence-electron chi connectivity index (χ2n) is 3.39. The van der Waals surface area contributed by atoms with Gasteiger partial charge >= 0.3 is 0 Å². The van der Waals surface area contributed by atoms with E-state index in [9.17, 15) is 8.42 Å². The standard InChI is InChI=1S/C8H12N2O2S/c11-13(12,7-3-1-2-4-7)8-5-9-10-6-8/h5-7H,1-4H2,(H,9,10). The molecular formula is C8H12N2O2S. The SMILES string of the molecule is O=S(=O)(c1cn[nH]c1)C1CCCC1. The molecule has 0 aromatic carbocycles. The van der Waals surface area contributed by atoms with Gasteiger partial charge in [0, 0.05) is 6.20 Å². The van der Waals surface area contributed by atoms with Crippen LogP contribution in [0, 0.1) is 0 Å². The molecule has 1 saturated carbocycles. The predicted octanol–water partition coefficient (Wildman–Crippen LogP) is 1.13. The van der Waals surface area contributed by atoms with E-state index in [1.807, 2.05) is 0 Å². The number of aromatic nitrogens is 2. The van der Waals surface area contributed by atoms with E-state index in [2.05, 4.69) is 10.2 Å². The van der Waals surface area contributed by atoms with Gasteiger partial charge in [-0.2, -0.15) is 5.10 Å².